The molecule has 4 fully saturated rings. The predicted octanol–water partition coefficient (Wildman–Crippen LogP) is 5.67. The lowest BCUT2D eigenvalue weighted by Crippen LogP contribution is -2.74. The number of carbonyl (C=O) groups excluding carboxylic acids is 4. The fraction of sp³-hybridized carbons (Fsp3) is 0.763. The second kappa shape index (κ2) is 10.5. The number of nitrogens with one attached hydrogen (secondary N) is 1. The number of carbonyl (C=O) groups is 4. The van der Waals surface area contributed by atoms with Gasteiger partial charge in [-0.2, -0.15) is 5.26 Å². The lowest BCUT2D eigenvalue weighted by atomic mass is 9.33. The van der Waals surface area contributed by atoms with Gasteiger partial charge >= 0.3 is 12.0 Å². The number of fused-ring (bicyclic) bond motifs is 7. The first-order valence-corrected chi connectivity index (χ1v) is 17.6. The van der Waals surface area contributed by atoms with Crippen molar-refractivity contribution in [1.29, 1.82) is 5.26 Å². The molecular formula is C38H53N3O6. The molecular weight excluding hydrogens is 594 g/mol. The monoisotopic (exact) mass is 647 g/mol. The van der Waals surface area contributed by atoms with Crippen LogP contribution in [0.3, 0.4) is 0 Å². The zero-order valence-electron chi connectivity index (χ0n) is 29.5. The molecule has 2 N–H and O–H groups in total. The summed E-state index contributed by atoms with van der Waals surface area (Å²) < 4.78 is 4.93. The molecule has 2 amide bonds. The normalized spacial score (nSPS) is 45.3. The zero-order chi connectivity index (χ0) is 34.6. The van der Waals surface area contributed by atoms with Crippen molar-refractivity contribution in [2.24, 2.45) is 44.3 Å². The second-order valence-electron chi connectivity index (χ2n) is 17.7. The maximum atomic E-state index is 14.7. The van der Waals surface area contributed by atoms with Crippen LogP contribution in [0.4, 0.5) is 4.79 Å². The van der Waals surface area contributed by atoms with Crippen molar-refractivity contribution >= 4 is 23.6 Å². The molecule has 0 aromatic rings. The molecule has 1 heterocycles. The number of nitriles is 1. The van der Waals surface area contributed by atoms with Gasteiger partial charge in [-0.3, -0.25) is 9.59 Å². The zero-order valence-corrected chi connectivity index (χ0v) is 29.5. The van der Waals surface area contributed by atoms with Gasteiger partial charge in [-0.15, -0.1) is 0 Å². The van der Waals surface area contributed by atoms with Crippen LogP contribution in [0.5, 0.6) is 0 Å². The third-order valence-electron chi connectivity index (χ3n) is 15.0. The lowest BCUT2D eigenvalue weighted by Gasteiger charge is -2.71. The topological polar surface area (TPSA) is 137 Å². The van der Waals surface area contributed by atoms with E-state index in [2.05, 4.69) is 46.0 Å². The largest absolute Gasteiger partial charge is 0.467 e. The average Bonchev–Trinajstić information content (AvgIpc) is 3.52. The molecule has 1 aliphatic heterocycles. The third-order valence-corrected chi connectivity index (χ3v) is 15.0. The van der Waals surface area contributed by atoms with Crippen LogP contribution >= 0.6 is 0 Å². The molecule has 6 aliphatic rings. The number of hydrogen-bond donors (Lipinski definition) is 2. The molecule has 5 aliphatic carbocycles. The predicted molar refractivity (Wildman–Crippen MR) is 176 cm³/mol. The number of allylic oxidation sites excluding steroid dienone is 3. The van der Waals surface area contributed by atoms with Crippen molar-refractivity contribution in [2.75, 3.05) is 20.2 Å². The van der Waals surface area contributed by atoms with E-state index in [0.717, 1.165) is 44.1 Å². The first-order valence-electron chi connectivity index (χ1n) is 17.6. The Morgan fingerprint density at radius 2 is 1.70 bits per heavy atom. The maximum absolute atomic E-state index is 14.7. The highest BCUT2D eigenvalue weighted by Crippen LogP contribution is 2.75. The standard InChI is InChI=1S/C38H53N3O6/c1-32(2)25-11-12-36(6)26(35(25,5)19-23(21-39)29(32)43)18-28(42)38(46)27-20-33(3,13-14-34(27,4)15-16-37(36,38)7)22-40-31(45)41-17-9-10-24(41)30(44)47-8/h18-19,24-25,27,46H,9-17,20,22H2,1-8H3,(H,40,45)/t24?,25-,27+,33-,34+,35-,36+,37-,38+/m0/s1. The highest BCUT2D eigenvalue weighted by molar-refractivity contribution is 6.05. The van der Waals surface area contributed by atoms with Crippen LogP contribution in [0, 0.1) is 55.7 Å². The van der Waals surface area contributed by atoms with Crippen molar-refractivity contribution in [3.8, 4) is 6.07 Å². The van der Waals surface area contributed by atoms with Crippen molar-refractivity contribution in [2.45, 2.75) is 118 Å². The number of nitrogens with zero attached hydrogens (tertiary/aromatic N) is 2. The number of amides is 2. The minimum absolute atomic E-state index is 0.0636. The molecule has 1 saturated heterocycles. The number of ketones is 2. The van der Waals surface area contributed by atoms with E-state index in [9.17, 15) is 29.5 Å². The second-order valence-corrected chi connectivity index (χ2v) is 17.7. The molecule has 9 nitrogen and oxygen atoms in total. The Labute approximate surface area is 279 Å². The summed E-state index contributed by atoms with van der Waals surface area (Å²) in [6.07, 6.45) is 10.2. The quantitative estimate of drug-likeness (QED) is 0.377. The van der Waals surface area contributed by atoms with Crippen LogP contribution in [0.2, 0.25) is 0 Å². The number of likely N-dealkylation sites (tertiary alicyclic amines) is 1. The number of urea groups is 1. The highest BCUT2D eigenvalue weighted by atomic mass is 16.5. The number of esters is 1. The molecule has 47 heavy (non-hydrogen) atoms. The summed E-state index contributed by atoms with van der Waals surface area (Å²) in [6, 6.07) is 1.30. The summed E-state index contributed by atoms with van der Waals surface area (Å²) in [7, 11) is 1.34. The molecule has 0 spiro atoms. The van der Waals surface area contributed by atoms with Crippen molar-refractivity contribution in [1.82, 2.24) is 10.2 Å². The van der Waals surface area contributed by atoms with E-state index in [1.54, 1.807) is 11.0 Å². The van der Waals surface area contributed by atoms with E-state index in [0.29, 0.717) is 32.4 Å². The van der Waals surface area contributed by atoms with Crippen LogP contribution in [-0.4, -0.2) is 65.4 Å². The molecule has 6 rings (SSSR count). The summed E-state index contributed by atoms with van der Waals surface area (Å²) in [5.41, 5.74) is -3.82. The molecule has 256 valence electrons. The van der Waals surface area contributed by atoms with Crippen LogP contribution in [0.1, 0.15) is 106 Å². The fourth-order valence-corrected chi connectivity index (χ4v) is 11.8. The van der Waals surface area contributed by atoms with E-state index in [1.165, 1.54) is 7.11 Å². The Balaban J connectivity index is 1.34. The first kappa shape index (κ1) is 33.9. The van der Waals surface area contributed by atoms with Crippen LogP contribution in [0.25, 0.3) is 0 Å². The minimum Gasteiger partial charge on any atom is -0.467 e. The van der Waals surface area contributed by atoms with Crippen LogP contribution in [-0.2, 0) is 19.1 Å². The lowest BCUT2D eigenvalue weighted by molar-refractivity contribution is -0.243. The molecule has 9 heteroatoms. The van der Waals surface area contributed by atoms with Gasteiger partial charge in [0.05, 0.1) is 12.7 Å². The molecule has 0 aromatic carbocycles. The number of aliphatic hydroxyl groups is 1. The van der Waals surface area contributed by atoms with E-state index >= 15 is 0 Å². The summed E-state index contributed by atoms with van der Waals surface area (Å²) in [5, 5.41) is 26.2. The highest BCUT2D eigenvalue weighted by Gasteiger charge is 2.75. The van der Waals surface area contributed by atoms with Gasteiger partial charge in [0, 0.05) is 35.3 Å². The van der Waals surface area contributed by atoms with Crippen LogP contribution in [0.15, 0.2) is 23.3 Å². The SMILES string of the molecule is COC(=O)C1CCCN1C(=O)NC[C@@]1(C)CC[C@]2(C)CC[C@@]3(C)[C@]4(C)CC[C@H]5C(C)(C)C(=O)C(C#N)=C[C@]5(C)C4=CC(=O)[C@]3(O)[C@@H]2C1. The molecule has 0 aromatic heterocycles. The van der Waals surface area contributed by atoms with Gasteiger partial charge in [0.15, 0.2) is 11.6 Å². The van der Waals surface area contributed by atoms with Gasteiger partial charge in [0.1, 0.15) is 17.7 Å². The molecule has 1 unspecified atom stereocenters. The van der Waals surface area contributed by atoms with E-state index in [4.69, 9.17) is 4.74 Å². The smallest absolute Gasteiger partial charge is 0.328 e. The van der Waals surface area contributed by atoms with E-state index in [-0.39, 0.29) is 45.8 Å². The number of methoxy groups -OCH3 is 1. The summed E-state index contributed by atoms with van der Waals surface area (Å²) >= 11 is 0. The van der Waals surface area contributed by atoms with E-state index in [1.807, 2.05) is 19.9 Å². The van der Waals surface area contributed by atoms with Crippen LogP contribution < -0.4 is 5.32 Å². The van der Waals surface area contributed by atoms with Crippen molar-refractivity contribution in [3.63, 3.8) is 0 Å². The summed E-state index contributed by atoms with van der Waals surface area (Å²) in [4.78, 5) is 55.2. The van der Waals surface area contributed by atoms with Gasteiger partial charge < -0.3 is 20.1 Å². The molecule has 3 saturated carbocycles. The summed E-state index contributed by atoms with van der Waals surface area (Å²) in [6.45, 7) is 15.5. The van der Waals surface area contributed by atoms with Gasteiger partial charge in [-0.05, 0) is 91.6 Å². The Hall–Kier alpha value is -2.99. The molecule has 0 bridgehead atoms. The minimum atomic E-state index is -1.61. The Kier molecular flexibility index (Phi) is 7.57. The number of hydrogen-bond acceptors (Lipinski definition) is 7. The Morgan fingerprint density at radius 3 is 2.36 bits per heavy atom. The van der Waals surface area contributed by atoms with E-state index < -0.39 is 39.3 Å². The van der Waals surface area contributed by atoms with Gasteiger partial charge in [0.25, 0.3) is 0 Å². The number of ether oxygens (including phenoxy) is 1. The number of rotatable bonds is 3. The maximum Gasteiger partial charge on any atom is 0.328 e. The summed E-state index contributed by atoms with van der Waals surface area (Å²) in [5.74, 6) is -1.18. The number of Topliss-reactive ketones (excluding diaryl/α,β-unsaturated/α-hetero) is 1. The van der Waals surface area contributed by atoms with Crippen molar-refractivity contribution < 1.29 is 29.0 Å². The molecule has 9 atom stereocenters. The van der Waals surface area contributed by atoms with Crippen molar-refractivity contribution in [3.05, 3.63) is 23.3 Å². The third kappa shape index (κ3) is 4.35. The molecule has 0 radical (unpaired) electrons. The van der Waals surface area contributed by atoms with Gasteiger partial charge in [0.2, 0.25) is 0 Å². The first-order chi connectivity index (χ1) is 21.8. The average molecular weight is 648 g/mol. The Bertz CT molecular complexity index is 1540. The van der Waals surface area contributed by atoms with Gasteiger partial charge in [-0.25, -0.2) is 9.59 Å². The fourth-order valence-electron chi connectivity index (χ4n) is 11.8. The van der Waals surface area contributed by atoms with Gasteiger partial charge in [-0.1, -0.05) is 54.5 Å². The Morgan fingerprint density at radius 1 is 1.02 bits per heavy atom.